The van der Waals surface area contributed by atoms with E-state index in [1.165, 1.54) is 0 Å². The van der Waals surface area contributed by atoms with Crippen molar-refractivity contribution in [1.82, 2.24) is 10.8 Å². The van der Waals surface area contributed by atoms with Crippen molar-refractivity contribution in [3.8, 4) is 0 Å². The number of carboxylic acid groups (broad SMARTS) is 1. The zero-order chi connectivity index (χ0) is 9.68. The molecule has 1 heterocycles. The first-order chi connectivity index (χ1) is 6.20. The largest absolute Gasteiger partial charge is 0.530 e. The fourth-order valence-corrected chi connectivity index (χ4v) is 1.26. The van der Waals surface area contributed by atoms with Gasteiger partial charge in [-0.3, -0.25) is 4.79 Å². The fraction of sp³-hybridized carbons (Fsp3) is 0.714. The van der Waals surface area contributed by atoms with Crippen molar-refractivity contribution in [2.24, 2.45) is 5.92 Å². The highest BCUT2D eigenvalue weighted by atomic mass is 16.8. The molecule has 0 atom stereocenters. The molecule has 1 fully saturated rings. The summed E-state index contributed by atoms with van der Waals surface area (Å²) < 4.78 is 0. The summed E-state index contributed by atoms with van der Waals surface area (Å²) in [5.41, 5.74) is 1.89. The molecule has 3 N–H and O–H groups in total. The number of amides is 1. The Kier molecular flexibility index (Phi) is 3.51. The lowest BCUT2D eigenvalue weighted by Gasteiger charge is -2.20. The van der Waals surface area contributed by atoms with Crippen LogP contribution in [0.25, 0.3) is 0 Å². The molecule has 0 aromatic heterocycles. The minimum absolute atomic E-state index is 0.138. The van der Waals surface area contributed by atoms with Gasteiger partial charge in [0.1, 0.15) is 0 Å². The minimum atomic E-state index is -1.50. The zero-order valence-electron chi connectivity index (χ0n) is 7.08. The molecule has 1 aliphatic heterocycles. The number of hydrogen-bond donors (Lipinski definition) is 3. The lowest BCUT2D eigenvalue weighted by atomic mass is 9.98. The van der Waals surface area contributed by atoms with Gasteiger partial charge in [0.15, 0.2) is 0 Å². The Balaban J connectivity index is 2.25. The quantitative estimate of drug-likeness (QED) is 0.492. The Hall–Kier alpha value is -1.30. The second-order valence-corrected chi connectivity index (χ2v) is 2.86. The fourth-order valence-electron chi connectivity index (χ4n) is 1.26. The van der Waals surface area contributed by atoms with Crippen LogP contribution in [0.3, 0.4) is 0 Å². The van der Waals surface area contributed by atoms with E-state index in [2.05, 4.69) is 10.2 Å². The topological polar surface area (TPSA) is 87.7 Å². The Bertz CT molecular complexity index is 201. The summed E-state index contributed by atoms with van der Waals surface area (Å²) in [6, 6.07) is 0. The van der Waals surface area contributed by atoms with E-state index in [4.69, 9.17) is 5.11 Å². The molecule has 0 aromatic rings. The summed E-state index contributed by atoms with van der Waals surface area (Å²) in [4.78, 5) is 25.1. The number of hydroxylamine groups is 1. The van der Waals surface area contributed by atoms with Gasteiger partial charge in [0, 0.05) is 5.92 Å². The number of nitrogens with one attached hydrogen (secondary N) is 2. The molecule has 0 spiro atoms. The Labute approximate surface area is 75.2 Å². The smallest absolute Gasteiger partial charge is 0.448 e. The third-order valence-corrected chi connectivity index (χ3v) is 1.95. The van der Waals surface area contributed by atoms with Crippen LogP contribution in [0.1, 0.15) is 12.8 Å². The number of carbonyl (C=O) groups excluding carboxylic acids is 1. The van der Waals surface area contributed by atoms with Crippen LogP contribution in [0.15, 0.2) is 0 Å². The van der Waals surface area contributed by atoms with Gasteiger partial charge in [-0.1, -0.05) is 0 Å². The molecule has 0 bridgehead atoms. The maximum atomic E-state index is 11.2. The summed E-state index contributed by atoms with van der Waals surface area (Å²) in [6.07, 6.45) is -0.0637. The monoisotopic (exact) mass is 188 g/mol. The van der Waals surface area contributed by atoms with Crippen molar-refractivity contribution >= 4 is 12.1 Å². The van der Waals surface area contributed by atoms with Crippen LogP contribution in [0.5, 0.6) is 0 Å². The van der Waals surface area contributed by atoms with Gasteiger partial charge in [-0.25, -0.2) is 4.79 Å². The van der Waals surface area contributed by atoms with Crippen molar-refractivity contribution in [1.29, 1.82) is 0 Å². The maximum Gasteiger partial charge on any atom is 0.530 e. The van der Waals surface area contributed by atoms with E-state index in [0.717, 1.165) is 25.9 Å². The first-order valence-electron chi connectivity index (χ1n) is 4.10. The highest BCUT2D eigenvalue weighted by Crippen LogP contribution is 2.10. The Morgan fingerprint density at radius 3 is 2.54 bits per heavy atom. The Morgan fingerprint density at radius 2 is 2.00 bits per heavy atom. The number of hydrogen-bond acceptors (Lipinski definition) is 4. The average Bonchev–Trinajstić information content (AvgIpc) is 2.15. The molecule has 1 rings (SSSR count). The van der Waals surface area contributed by atoms with Gasteiger partial charge in [0.05, 0.1) is 0 Å². The summed E-state index contributed by atoms with van der Waals surface area (Å²) in [5, 5.41) is 11.2. The van der Waals surface area contributed by atoms with E-state index in [1.807, 2.05) is 5.48 Å². The van der Waals surface area contributed by atoms with Gasteiger partial charge in [-0.2, -0.15) is 5.48 Å². The Morgan fingerprint density at radius 1 is 1.38 bits per heavy atom. The van der Waals surface area contributed by atoms with Gasteiger partial charge in [0.2, 0.25) is 0 Å². The summed E-state index contributed by atoms with van der Waals surface area (Å²) in [6.45, 7) is 1.57. The third kappa shape index (κ3) is 3.29. The third-order valence-electron chi connectivity index (χ3n) is 1.95. The van der Waals surface area contributed by atoms with Crippen molar-refractivity contribution in [3.05, 3.63) is 0 Å². The van der Waals surface area contributed by atoms with E-state index in [1.54, 1.807) is 0 Å². The highest BCUT2D eigenvalue weighted by Gasteiger charge is 2.21. The first kappa shape index (κ1) is 9.79. The van der Waals surface area contributed by atoms with Crippen molar-refractivity contribution in [3.63, 3.8) is 0 Å². The maximum absolute atomic E-state index is 11.2. The SMILES string of the molecule is O=C(O)ONC(=O)C1CCNCC1. The van der Waals surface area contributed by atoms with Gasteiger partial charge < -0.3 is 15.3 Å². The van der Waals surface area contributed by atoms with Gasteiger partial charge in [-0.05, 0) is 25.9 Å². The van der Waals surface area contributed by atoms with Crippen LogP contribution in [0.2, 0.25) is 0 Å². The summed E-state index contributed by atoms with van der Waals surface area (Å²) in [5.74, 6) is -0.496. The highest BCUT2D eigenvalue weighted by molar-refractivity contribution is 5.78. The number of piperidine rings is 1. The number of rotatable bonds is 1. The van der Waals surface area contributed by atoms with Crippen molar-refractivity contribution in [2.45, 2.75) is 12.8 Å². The normalized spacial score (nSPS) is 17.8. The zero-order valence-corrected chi connectivity index (χ0v) is 7.08. The molecule has 0 radical (unpaired) electrons. The van der Waals surface area contributed by atoms with Gasteiger partial charge >= 0.3 is 6.16 Å². The predicted octanol–water partition coefficient (Wildman–Crippen LogP) is -0.288. The van der Waals surface area contributed by atoms with E-state index in [0.29, 0.717) is 0 Å². The molecule has 13 heavy (non-hydrogen) atoms. The second-order valence-electron chi connectivity index (χ2n) is 2.86. The predicted molar refractivity (Wildman–Crippen MR) is 42.8 cm³/mol. The summed E-state index contributed by atoms with van der Waals surface area (Å²) in [7, 11) is 0. The molecule has 6 nitrogen and oxygen atoms in total. The van der Waals surface area contributed by atoms with E-state index in [9.17, 15) is 9.59 Å². The molecule has 1 saturated heterocycles. The van der Waals surface area contributed by atoms with Crippen LogP contribution in [-0.4, -0.2) is 30.3 Å². The first-order valence-corrected chi connectivity index (χ1v) is 4.10. The molecule has 0 aliphatic carbocycles. The summed E-state index contributed by atoms with van der Waals surface area (Å²) >= 11 is 0. The molecule has 1 amide bonds. The molecule has 0 unspecified atom stereocenters. The van der Waals surface area contributed by atoms with Crippen molar-refractivity contribution < 1.29 is 19.5 Å². The van der Waals surface area contributed by atoms with Crippen LogP contribution in [-0.2, 0) is 9.63 Å². The minimum Gasteiger partial charge on any atom is -0.448 e. The van der Waals surface area contributed by atoms with Crippen molar-refractivity contribution in [2.75, 3.05) is 13.1 Å². The standard InChI is InChI=1S/C7H12N2O4/c10-6(9-13-7(11)12)5-1-3-8-4-2-5/h5,8H,1-4H2,(H,9,10)(H,11,12). The average molecular weight is 188 g/mol. The molecule has 0 aromatic carbocycles. The van der Waals surface area contributed by atoms with E-state index < -0.39 is 6.16 Å². The van der Waals surface area contributed by atoms with Crippen LogP contribution >= 0.6 is 0 Å². The number of carbonyl (C=O) groups is 2. The van der Waals surface area contributed by atoms with E-state index in [-0.39, 0.29) is 11.8 Å². The lowest BCUT2D eigenvalue weighted by molar-refractivity contribution is -0.135. The lowest BCUT2D eigenvalue weighted by Crippen LogP contribution is -2.38. The molecule has 6 heteroatoms. The van der Waals surface area contributed by atoms with E-state index >= 15 is 0 Å². The second kappa shape index (κ2) is 4.66. The molecule has 74 valence electrons. The van der Waals surface area contributed by atoms with Gasteiger partial charge in [-0.15, -0.1) is 0 Å². The van der Waals surface area contributed by atoms with Gasteiger partial charge in [0.25, 0.3) is 5.91 Å². The van der Waals surface area contributed by atoms with Crippen LogP contribution in [0.4, 0.5) is 4.79 Å². The molecule has 0 saturated carbocycles. The molecular weight excluding hydrogens is 176 g/mol. The van der Waals surface area contributed by atoms with Crippen LogP contribution < -0.4 is 10.8 Å². The molecule has 1 aliphatic rings. The molecular formula is C7H12N2O4. The van der Waals surface area contributed by atoms with Crippen LogP contribution in [0, 0.1) is 5.92 Å².